The monoisotopic (exact) mass is 300 g/mol. The molecule has 1 aromatic rings. The highest BCUT2D eigenvalue weighted by Gasteiger charge is 2.22. The number of rotatable bonds is 4. The average Bonchev–Trinajstić information content (AvgIpc) is 2.84. The molecule has 0 radical (unpaired) electrons. The molecule has 106 valence electrons. The van der Waals surface area contributed by atoms with Gasteiger partial charge in [-0.05, 0) is 25.1 Å². The zero-order valence-corrected chi connectivity index (χ0v) is 12.9. The second kappa shape index (κ2) is 7.78. The molecule has 0 aliphatic carbocycles. The van der Waals surface area contributed by atoms with Crippen LogP contribution in [0.3, 0.4) is 0 Å². The summed E-state index contributed by atoms with van der Waals surface area (Å²) in [5, 5.41) is 6.79. The second-order valence-corrected chi connectivity index (χ2v) is 6.46. The van der Waals surface area contributed by atoms with Crippen molar-refractivity contribution in [2.45, 2.75) is 30.4 Å². The topological polar surface area (TPSA) is 41.1 Å². The number of para-hydroxylation sites is 1. The summed E-state index contributed by atoms with van der Waals surface area (Å²) in [7, 11) is 0. The maximum Gasteiger partial charge on any atom is 0.228 e. The molecule has 1 amide bonds. The first-order valence-corrected chi connectivity index (χ1v) is 7.32. The van der Waals surface area contributed by atoms with Crippen LogP contribution in [0.15, 0.2) is 29.2 Å². The Morgan fingerprint density at radius 2 is 2.16 bits per heavy atom. The van der Waals surface area contributed by atoms with E-state index in [-0.39, 0.29) is 24.2 Å². The standard InChI is InChI=1S/C14H20N2OS.ClH/c1-10(2)18-13-6-4-3-5-12(13)16-14(17)11-7-8-15-9-11;/h3-6,10-11,15H,7-9H2,1-2H3,(H,16,17);1H. The lowest BCUT2D eigenvalue weighted by Gasteiger charge is -2.14. The number of carbonyl (C=O) groups is 1. The lowest BCUT2D eigenvalue weighted by Crippen LogP contribution is -2.24. The highest BCUT2D eigenvalue weighted by atomic mass is 35.5. The van der Waals surface area contributed by atoms with Crippen LogP contribution in [-0.2, 0) is 4.79 Å². The normalized spacial score (nSPS) is 18.2. The number of thioether (sulfide) groups is 1. The predicted molar refractivity (Wildman–Crippen MR) is 84.3 cm³/mol. The van der Waals surface area contributed by atoms with Crippen molar-refractivity contribution in [3.8, 4) is 0 Å². The molecule has 1 saturated heterocycles. The minimum Gasteiger partial charge on any atom is -0.325 e. The van der Waals surface area contributed by atoms with Crippen LogP contribution in [0.5, 0.6) is 0 Å². The van der Waals surface area contributed by atoms with E-state index >= 15 is 0 Å². The SMILES string of the molecule is CC(C)Sc1ccccc1NC(=O)C1CCNC1.Cl. The van der Waals surface area contributed by atoms with Crippen molar-refractivity contribution < 1.29 is 4.79 Å². The molecule has 2 rings (SSSR count). The third-order valence-corrected chi connectivity index (χ3v) is 4.02. The molecule has 2 N–H and O–H groups in total. The molecule has 1 heterocycles. The molecule has 0 bridgehead atoms. The quantitative estimate of drug-likeness (QED) is 0.839. The Kier molecular flexibility index (Phi) is 6.69. The average molecular weight is 301 g/mol. The molecular formula is C14H21ClN2OS. The van der Waals surface area contributed by atoms with E-state index < -0.39 is 0 Å². The van der Waals surface area contributed by atoms with E-state index in [1.54, 1.807) is 11.8 Å². The number of halogens is 1. The highest BCUT2D eigenvalue weighted by molar-refractivity contribution is 8.00. The number of carbonyl (C=O) groups excluding carboxylic acids is 1. The van der Waals surface area contributed by atoms with Gasteiger partial charge in [0.05, 0.1) is 11.6 Å². The van der Waals surface area contributed by atoms with Crippen molar-refractivity contribution in [3.05, 3.63) is 24.3 Å². The van der Waals surface area contributed by atoms with Crippen LogP contribution >= 0.6 is 24.2 Å². The van der Waals surface area contributed by atoms with Gasteiger partial charge in [0, 0.05) is 16.7 Å². The molecule has 1 aliphatic heterocycles. The number of anilines is 1. The van der Waals surface area contributed by atoms with E-state index in [2.05, 4.69) is 30.5 Å². The minimum absolute atomic E-state index is 0. The van der Waals surface area contributed by atoms with Gasteiger partial charge in [-0.2, -0.15) is 0 Å². The fraction of sp³-hybridized carbons (Fsp3) is 0.500. The van der Waals surface area contributed by atoms with Gasteiger partial charge in [-0.1, -0.05) is 26.0 Å². The Labute approximate surface area is 125 Å². The van der Waals surface area contributed by atoms with Gasteiger partial charge < -0.3 is 10.6 Å². The Balaban J connectivity index is 0.00000180. The summed E-state index contributed by atoms with van der Waals surface area (Å²) >= 11 is 1.78. The van der Waals surface area contributed by atoms with E-state index in [1.807, 2.05) is 18.2 Å². The number of amides is 1. The fourth-order valence-electron chi connectivity index (χ4n) is 2.04. The van der Waals surface area contributed by atoms with Crippen LogP contribution < -0.4 is 10.6 Å². The van der Waals surface area contributed by atoms with Crippen molar-refractivity contribution in [2.24, 2.45) is 5.92 Å². The van der Waals surface area contributed by atoms with Crippen LogP contribution in [-0.4, -0.2) is 24.2 Å². The number of hydrogen-bond donors (Lipinski definition) is 2. The van der Waals surface area contributed by atoms with Gasteiger partial charge in [-0.3, -0.25) is 4.79 Å². The van der Waals surface area contributed by atoms with Crippen molar-refractivity contribution in [2.75, 3.05) is 18.4 Å². The van der Waals surface area contributed by atoms with E-state index in [0.717, 1.165) is 30.1 Å². The second-order valence-electron chi connectivity index (χ2n) is 4.84. The first kappa shape index (κ1) is 16.3. The van der Waals surface area contributed by atoms with Crippen molar-refractivity contribution in [3.63, 3.8) is 0 Å². The lowest BCUT2D eigenvalue weighted by molar-refractivity contribution is -0.119. The summed E-state index contributed by atoms with van der Waals surface area (Å²) in [6.45, 7) is 6.06. The van der Waals surface area contributed by atoms with Crippen LogP contribution in [0.1, 0.15) is 20.3 Å². The van der Waals surface area contributed by atoms with Crippen molar-refractivity contribution in [1.29, 1.82) is 0 Å². The van der Waals surface area contributed by atoms with Gasteiger partial charge in [0.1, 0.15) is 0 Å². The van der Waals surface area contributed by atoms with E-state index in [4.69, 9.17) is 0 Å². The molecule has 3 nitrogen and oxygen atoms in total. The summed E-state index contributed by atoms with van der Waals surface area (Å²) in [4.78, 5) is 13.2. The van der Waals surface area contributed by atoms with Gasteiger partial charge in [0.15, 0.2) is 0 Å². The Morgan fingerprint density at radius 1 is 1.42 bits per heavy atom. The summed E-state index contributed by atoms with van der Waals surface area (Å²) in [6.07, 6.45) is 0.936. The Bertz CT molecular complexity index is 420. The van der Waals surface area contributed by atoms with E-state index in [0.29, 0.717) is 5.25 Å². The molecule has 0 spiro atoms. The maximum absolute atomic E-state index is 12.1. The van der Waals surface area contributed by atoms with Gasteiger partial charge in [-0.15, -0.1) is 24.2 Å². The first-order chi connectivity index (χ1) is 8.66. The van der Waals surface area contributed by atoms with E-state index in [1.165, 1.54) is 0 Å². The summed E-state index contributed by atoms with van der Waals surface area (Å²) in [5.41, 5.74) is 0.938. The molecule has 1 unspecified atom stereocenters. The van der Waals surface area contributed by atoms with Gasteiger partial charge in [-0.25, -0.2) is 0 Å². The van der Waals surface area contributed by atoms with Crippen molar-refractivity contribution >= 4 is 35.8 Å². The lowest BCUT2D eigenvalue weighted by atomic mass is 10.1. The van der Waals surface area contributed by atoms with Gasteiger partial charge in [0.25, 0.3) is 0 Å². The molecule has 1 atom stereocenters. The largest absolute Gasteiger partial charge is 0.325 e. The van der Waals surface area contributed by atoms with Crippen LogP contribution in [0.2, 0.25) is 0 Å². The van der Waals surface area contributed by atoms with Gasteiger partial charge >= 0.3 is 0 Å². The van der Waals surface area contributed by atoms with Crippen molar-refractivity contribution in [1.82, 2.24) is 5.32 Å². The predicted octanol–water partition coefficient (Wildman–Crippen LogP) is 3.16. The third-order valence-electron chi connectivity index (χ3n) is 2.94. The Hall–Kier alpha value is -0.710. The number of hydrogen-bond acceptors (Lipinski definition) is 3. The molecule has 5 heteroatoms. The zero-order valence-electron chi connectivity index (χ0n) is 11.3. The molecular weight excluding hydrogens is 280 g/mol. The van der Waals surface area contributed by atoms with Gasteiger partial charge in [0.2, 0.25) is 5.91 Å². The molecule has 1 aliphatic rings. The number of nitrogens with one attached hydrogen (secondary N) is 2. The third kappa shape index (κ3) is 4.71. The molecule has 0 saturated carbocycles. The molecule has 1 fully saturated rings. The zero-order chi connectivity index (χ0) is 13.0. The summed E-state index contributed by atoms with van der Waals surface area (Å²) < 4.78 is 0. The maximum atomic E-state index is 12.1. The summed E-state index contributed by atoms with van der Waals surface area (Å²) in [5.74, 6) is 0.249. The Morgan fingerprint density at radius 3 is 2.79 bits per heavy atom. The highest BCUT2D eigenvalue weighted by Crippen LogP contribution is 2.30. The minimum atomic E-state index is 0. The summed E-state index contributed by atoms with van der Waals surface area (Å²) in [6, 6.07) is 8.02. The van der Waals surface area contributed by atoms with Crippen LogP contribution in [0.4, 0.5) is 5.69 Å². The molecule has 1 aromatic carbocycles. The first-order valence-electron chi connectivity index (χ1n) is 6.44. The number of benzene rings is 1. The molecule has 19 heavy (non-hydrogen) atoms. The fourth-order valence-corrected chi connectivity index (χ4v) is 2.95. The van der Waals surface area contributed by atoms with E-state index in [9.17, 15) is 4.79 Å². The molecule has 0 aromatic heterocycles. The van der Waals surface area contributed by atoms with Crippen LogP contribution in [0.25, 0.3) is 0 Å². The van der Waals surface area contributed by atoms with Crippen LogP contribution in [0, 0.1) is 5.92 Å². The smallest absolute Gasteiger partial charge is 0.228 e.